The summed E-state index contributed by atoms with van der Waals surface area (Å²) in [4.78, 5) is 8.32. The summed E-state index contributed by atoms with van der Waals surface area (Å²) in [5.74, 6) is 0.418. The molecule has 0 radical (unpaired) electrons. The SMILES string of the molecule is NCCn1cc(-c2nc3ncccc3o2)nn1. The van der Waals surface area contributed by atoms with E-state index in [0.29, 0.717) is 35.9 Å². The largest absolute Gasteiger partial charge is 0.433 e. The minimum absolute atomic E-state index is 0.418. The average Bonchev–Trinajstić information content (AvgIpc) is 2.94. The van der Waals surface area contributed by atoms with Gasteiger partial charge in [0, 0.05) is 12.7 Å². The highest BCUT2D eigenvalue weighted by Gasteiger charge is 2.11. The highest BCUT2D eigenvalue weighted by molar-refractivity contribution is 5.70. The molecule has 2 N–H and O–H groups in total. The van der Waals surface area contributed by atoms with Crippen LogP contribution in [0.2, 0.25) is 0 Å². The highest BCUT2D eigenvalue weighted by atomic mass is 16.3. The first-order valence-corrected chi connectivity index (χ1v) is 5.19. The lowest BCUT2D eigenvalue weighted by Crippen LogP contribution is -2.10. The van der Waals surface area contributed by atoms with Crippen LogP contribution in [0.25, 0.3) is 22.8 Å². The fourth-order valence-electron chi connectivity index (χ4n) is 1.52. The Kier molecular flexibility index (Phi) is 2.30. The second-order valence-corrected chi connectivity index (χ2v) is 3.50. The molecule has 0 atom stereocenters. The molecule has 0 aliphatic rings. The lowest BCUT2D eigenvalue weighted by Gasteiger charge is -1.91. The van der Waals surface area contributed by atoms with Crippen LogP contribution < -0.4 is 5.73 Å². The van der Waals surface area contributed by atoms with Crippen LogP contribution in [0.1, 0.15) is 0 Å². The van der Waals surface area contributed by atoms with Gasteiger partial charge in [-0.3, -0.25) is 4.68 Å². The van der Waals surface area contributed by atoms with Crippen molar-refractivity contribution in [3.05, 3.63) is 24.5 Å². The van der Waals surface area contributed by atoms with Crippen molar-refractivity contribution in [1.29, 1.82) is 0 Å². The molecule has 17 heavy (non-hydrogen) atoms. The molecule has 0 spiro atoms. The molecule has 0 saturated carbocycles. The molecule has 0 unspecified atom stereocenters. The van der Waals surface area contributed by atoms with Crippen LogP contribution in [0, 0.1) is 0 Å². The summed E-state index contributed by atoms with van der Waals surface area (Å²) in [5, 5.41) is 7.89. The standard InChI is InChI=1S/C10H10N6O/c11-3-5-16-6-7(14-15-16)10-13-9-8(17-10)2-1-4-12-9/h1-2,4,6H,3,5,11H2. The molecule has 7 nitrogen and oxygen atoms in total. The zero-order valence-electron chi connectivity index (χ0n) is 8.95. The molecule has 0 bridgehead atoms. The summed E-state index contributed by atoms with van der Waals surface area (Å²) in [7, 11) is 0. The zero-order chi connectivity index (χ0) is 11.7. The summed E-state index contributed by atoms with van der Waals surface area (Å²) in [6.45, 7) is 1.13. The summed E-state index contributed by atoms with van der Waals surface area (Å²) >= 11 is 0. The van der Waals surface area contributed by atoms with E-state index in [1.807, 2.05) is 6.07 Å². The number of aromatic nitrogens is 5. The topological polar surface area (TPSA) is 95.7 Å². The van der Waals surface area contributed by atoms with Crippen LogP contribution in [-0.4, -0.2) is 31.5 Å². The van der Waals surface area contributed by atoms with E-state index in [4.69, 9.17) is 10.2 Å². The summed E-state index contributed by atoms with van der Waals surface area (Å²) in [5.41, 5.74) is 7.21. The van der Waals surface area contributed by atoms with Gasteiger partial charge in [-0.2, -0.15) is 4.98 Å². The quantitative estimate of drug-likeness (QED) is 0.701. The fourth-order valence-corrected chi connectivity index (χ4v) is 1.52. The van der Waals surface area contributed by atoms with Crippen LogP contribution in [0.5, 0.6) is 0 Å². The van der Waals surface area contributed by atoms with Gasteiger partial charge in [-0.25, -0.2) is 4.98 Å². The molecule has 0 saturated heterocycles. The smallest absolute Gasteiger partial charge is 0.251 e. The lowest BCUT2D eigenvalue weighted by molar-refractivity contribution is 0.598. The van der Waals surface area contributed by atoms with Crippen molar-refractivity contribution >= 4 is 11.2 Å². The molecule has 0 aliphatic carbocycles. The molecule has 7 heteroatoms. The molecule has 3 heterocycles. The molecule has 0 aliphatic heterocycles. The summed E-state index contributed by atoms with van der Waals surface area (Å²) in [6.07, 6.45) is 3.41. The number of pyridine rings is 1. The molecular weight excluding hydrogens is 220 g/mol. The predicted octanol–water partition coefficient (Wildman–Crippen LogP) is 0.440. The Morgan fingerprint density at radius 2 is 2.35 bits per heavy atom. The van der Waals surface area contributed by atoms with Crippen LogP contribution in [0.4, 0.5) is 0 Å². The van der Waals surface area contributed by atoms with Gasteiger partial charge in [-0.1, -0.05) is 5.21 Å². The van der Waals surface area contributed by atoms with Gasteiger partial charge in [-0.05, 0) is 12.1 Å². The van der Waals surface area contributed by atoms with E-state index in [9.17, 15) is 0 Å². The van der Waals surface area contributed by atoms with Gasteiger partial charge >= 0.3 is 0 Å². The number of oxazole rings is 1. The number of nitrogens with zero attached hydrogens (tertiary/aromatic N) is 5. The van der Waals surface area contributed by atoms with E-state index in [-0.39, 0.29) is 0 Å². The van der Waals surface area contributed by atoms with Gasteiger partial charge in [0.2, 0.25) is 0 Å². The van der Waals surface area contributed by atoms with Gasteiger partial charge in [-0.15, -0.1) is 5.10 Å². The summed E-state index contributed by atoms with van der Waals surface area (Å²) < 4.78 is 7.18. The van der Waals surface area contributed by atoms with Crippen LogP contribution in [0.15, 0.2) is 28.9 Å². The second-order valence-electron chi connectivity index (χ2n) is 3.50. The second kappa shape index (κ2) is 3.95. The van der Waals surface area contributed by atoms with Gasteiger partial charge in [0.1, 0.15) is 0 Å². The Hall–Kier alpha value is -2.28. The minimum atomic E-state index is 0.418. The molecule has 0 amide bonds. The van der Waals surface area contributed by atoms with E-state index in [1.165, 1.54) is 0 Å². The van der Waals surface area contributed by atoms with Crippen molar-refractivity contribution in [3.63, 3.8) is 0 Å². The third-order valence-electron chi connectivity index (χ3n) is 2.28. The fraction of sp³-hybridized carbons (Fsp3) is 0.200. The van der Waals surface area contributed by atoms with Crippen molar-refractivity contribution in [1.82, 2.24) is 25.0 Å². The van der Waals surface area contributed by atoms with Crippen LogP contribution >= 0.6 is 0 Å². The van der Waals surface area contributed by atoms with Gasteiger partial charge in [0.05, 0.1) is 12.7 Å². The third kappa shape index (κ3) is 1.76. The molecule has 3 aromatic rings. The summed E-state index contributed by atoms with van der Waals surface area (Å²) in [6, 6.07) is 3.60. The van der Waals surface area contributed by atoms with Crippen molar-refractivity contribution in [2.24, 2.45) is 5.73 Å². The zero-order valence-corrected chi connectivity index (χ0v) is 8.95. The Bertz CT molecular complexity index is 610. The maximum atomic E-state index is 5.52. The van der Waals surface area contributed by atoms with Crippen molar-refractivity contribution in [2.45, 2.75) is 6.54 Å². The first-order chi connectivity index (χ1) is 8.36. The number of rotatable bonds is 3. The Balaban J connectivity index is 2.01. The van der Waals surface area contributed by atoms with Crippen molar-refractivity contribution in [2.75, 3.05) is 6.54 Å². The van der Waals surface area contributed by atoms with E-state index < -0.39 is 0 Å². The lowest BCUT2D eigenvalue weighted by atomic mass is 10.5. The number of fused-ring (bicyclic) bond motifs is 1. The van der Waals surface area contributed by atoms with Crippen molar-refractivity contribution in [3.8, 4) is 11.6 Å². The molecular formula is C10H10N6O. The average molecular weight is 230 g/mol. The first-order valence-electron chi connectivity index (χ1n) is 5.19. The molecule has 86 valence electrons. The van der Waals surface area contributed by atoms with Crippen molar-refractivity contribution < 1.29 is 4.42 Å². The van der Waals surface area contributed by atoms with E-state index >= 15 is 0 Å². The normalized spacial score (nSPS) is 11.1. The minimum Gasteiger partial charge on any atom is -0.433 e. The Labute approximate surface area is 96.3 Å². The van der Waals surface area contributed by atoms with Gasteiger partial charge < -0.3 is 10.2 Å². The predicted molar refractivity (Wildman–Crippen MR) is 59.9 cm³/mol. The van der Waals surface area contributed by atoms with Gasteiger partial charge in [0.25, 0.3) is 5.89 Å². The van der Waals surface area contributed by atoms with Crippen LogP contribution in [-0.2, 0) is 6.54 Å². The molecule has 0 aromatic carbocycles. The number of hydrogen-bond donors (Lipinski definition) is 1. The molecule has 0 fully saturated rings. The highest BCUT2D eigenvalue weighted by Crippen LogP contribution is 2.20. The maximum Gasteiger partial charge on any atom is 0.251 e. The monoisotopic (exact) mass is 230 g/mol. The first kappa shape index (κ1) is 9.91. The molecule has 3 rings (SSSR count). The van der Waals surface area contributed by atoms with E-state index in [2.05, 4.69) is 20.3 Å². The van der Waals surface area contributed by atoms with Crippen LogP contribution in [0.3, 0.4) is 0 Å². The maximum absolute atomic E-state index is 5.52. The van der Waals surface area contributed by atoms with Gasteiger partial charge in [0.15, 0.2) is 16.9 Å². The Morgan fingerprint density at radius 1 is 1.41 bits per heavy atom. The number of nitrogens with two attached hydrogens (primary N) is 1. The Morgan fingerprint density at radius 3 is 3.18 bits per heavy atom. The third-order valence-corrected chi connectivity index (χ3v) is 2.28. The van der Waals surface area contributed by atoms with E-state index in [1.54, 1.807) is 23.1 Å². The molecule has 3 aromatic heterocycles. The van der Waals surface area contributed by atoms with E-state index in [0.717, 1.165) is 0 Å². The number of hydrogen-bond acceptors (Lipinski definition) is 6.